The molecule has 0 aliphatic rings. The molecule has 2 rings (SSSR count). The maximum Gasteiger partial charge on any atom is 0.185 e. The molecule has 2 nitrogen and oxygen atoms in total. The highest BCUT2D eigenvalue weighted by Crippen LogP contribution is 2.20. The topological polar surface area (TPSA) is 26.3 Å². The maximum atomic E-state index is 12.1. The smallest absolute Gasteiger partial charge is 0.185 e. The van der Waals surface area contributed by atoms with Gasteiger partial charge in [0.05, 0.1) is 6.61 Å². The molecule has 0 N–H and O–H groups in total. The van der Waals surface area contributed by atoms with E-state index in [1.165, 1.54) is 0 Å². The summed E-state index contributed by atoms with van der Waals surface area (Å²) in [6, 6.07) is 14.5. The van der Waals surface area contributed by atoms with Crippen molar-refractivity contribution in [3.8, 4) is 5.75 Å². The molecule has 21 heavy (non-hydrogen) atoms. The van der Waals surface area contributed by atoms with E-state index in [9.17, 15) is 4.79 Å². The molecule has 0 unspecified atom stereocenters. The van der Waals surface area contributed by atoms with Crippen LogP contribution in [0.3, 0.4) is 0 Å². The van der Waals surface area contributed by atoms with Crippen LogP contribution in [0.4, 0.5) is 0 Å². The molecular formula is C18H17ClO2. The van der Waals surface area contributed by atoms with Crippen LogP contribution in [-0.2, 0) is 0 Å². The predicted octanol–water partition coefficient (Wildman–Crippen LogP) is 5.02. The lowest BCUT2D eigenvalue weighted by Gasteiger charge is -2.07. The van der Waals surface area contributed by atoms with Crippen LogP contribution in [0.1, 0.15) is 29.3 Å². The zero-order valence-corrected chi connectivity index (χ0v) is 12.6. The third-order valence-electron chi connectivity index (χ3n) is 2.92. The summed E-state index contributed by atoms with van der Waals surface area (Å²) in [5.74, 6) is 0.733. The second-order valence-electron chi connectivity index (χ2n) is 4.59. The number of carbonyl (C=O) groups is 1. The summed E-state index contributed by atoms with van der Waals surface area (Å²) >= 11 is 5.81. The van der Waals surface area contributed by atoms with Crippen molar-refractivity contribution in [1.82, 2.24) is 0 Å². The van der Waals surface area contributed by atoms with Crippen molar-refractivity contribution >= 4 is 23.5 Å². The Balaban J connectivity index is 2.13. The number of halogens is 1. The SMILES string of the molecule is CCCOc1ccccc1C=CC(=O)c1ccc(Cl)cc1. The molecule has 0 radical (unpaired) electrons. The molecule has 0 aliphatic carbocycles. The number of benzene rings is 2. The summed E-state index contributed by atoms with van der Waals surface area (Å²) in [5, 5.41) is 0.619. The first-order chi connectivity index (χ1) is 10.2. The van der Waals surface area contributed by atoms with Crippen molar-refractivity contribution in [1.29, 1.82) is 0 Å². The van der Waals surface area contributed by atoms with Gasteiger partial charge < -0.3 is 4.74 Å². The van der Waals surface area contributed by atoms with Crippen LogP contribution < -0.4 is 4.74 Å². The number of hydrogen-bond donors (Lipinski definition) is 0. The molecule has 0 saturated heterocycles. The molecule has 3 heteroatoms. The summed E-state index contributed by atoms with van der Waals surface area (Å²) in [5.41, 5.74) is 1.51. The lowest BCUT2D eigenvalue weighted by Crippen LogP contribution is -1.97. The van der Waals surface area contributed by atoms with Gasteiger partial charge in [0.25, 0.3) is 0 Å². The van der Waals surface area contributed by atoms with Crippen molar-refractivity contribution < 1.29 is 9.53 Å². The van der Waals surface area contributed by atoms with Gasteiger partial charge in [-0.3, -0.25) is 4.79 Å². The molecular weight excluding hydrogens is 284 g/mol. The molecule has 2 aromatic rings. The number of para-hydroxylation sites is 1. The number of carbonyl (C=O) groups excluding carboxylic acids is 1. The average molecular weight is 301 g/mol. The zero-order chi connectivity index (χ0) is 15.1. The van der Waals surface area contributed by atoms with Crippen molar-refractivity contribution in [3.63, 3.8) is 0 Å². The monoisotopic (exact) mass is 300 g/mol. The number of hydrogen-bond acceptors (Lipinski definition) is 2. The molecule has 0 heterocycles. The minimum atomic E-state index is -0.0584. The van der Waals surface area contributed by atoms with Crippen LogP contribution in [0.2, 0.25) is 5.02 Å². The normalized spacial score (nSPS) is 10.8. The standard InChI is InChI=1S/C18H17ClO2/c1-2-13-21-18-6-4-3-5-15(18)9-12-17(20)14-7-10-16(19)11-8-14/h3-12H,2,13H2,1H3. The fourth-order valence-electron chi connectivity index (χ4n) is 1.84. The largest absolute Gasteiger partial charge is 0.493 e. The number of ketones is 1. The minimum Gasteiger partial charge on any atom is -0.493 e. The van der Waals surface area contributed by atoms with Crippen molar-refractivity contribution in [2.45, 2.75) is 13.3 Å². The molecule has 0 fully saturated rings. The highest BCUT2D eigenvalue weighted by Gasteiger charge is 2.03. The summed E-state index contributed by atoms with van der Waals surface area (Å²) in [7, 11) is 0. The van der Waals surface area contributed by atoms with E-state index in [-0.39, 0.29) is 5.78 Å². The second kappa shape index (κ2) is 7.65. The first kappa shape index (κ1) is 15.3. The average Bonchev–Trinajstić information content (AvgIpc) is 2.52. The Hall–Kier alpha value is -2.06. The molecule has 0 saturated carbocycles. The Bertz CT molecular complexity index is 630. The molecule has 0 spiro atoms. The third kappa shape index (κ3) is 4.47. The van der Waals surface area contributed by atoms with Crippen LogP contribution in [-0.4, -0.2) is 12.4 Å². The number of rotatable bonds is 6. The van der Waals surface area contributed by atoms with Gasteiger partial charge in [-0.1, -0.05) is 36.7 Å². The molecule has 108 valence electrons. The van der Waals surface area contributed by atoms with Gasteiger partial charge in [-0.25, -0.2) is 0 Å². The quantitative estimate of drug-likeness (QED) is 0.553. The molecule has 0 atom stereocenters. The number of allylic oxidation sites excluding steroid dienone is 1. The molecule has 2 aromatic carbocycles. The van der Waals surface area contributed by atoms with Crippen molar-refractivity contribution in [3.05, 3.63) is 70.8 Å². The highest BCUT2D eigenvalue weighted by molar-refractivity contribution is 6.30. The fourth-order valence-corrected chi connectivity index (χ4v) is 1.96. The van der Waals surface area contributed by atoms with Gasteiger partial charge in [-0.15, -0.1) is 0 Å². The second-order valence-corrected chi connectivity index (χ2v) is 5.03. The maximum absolute atomic E-state index is 12.1. The Morgan fingerprint density at radius 3 is 2.57 bits per heavy atom. The summed E-state index contributed by atoms with van der Waals surface area (Å²) in [4.78, 5) is 12.1. The van der Waals surface area contributed by atoms with E-state index in [1.54, 1.807) is 36.4 Å². The van der Waals surface area contributed by atoms with Crippen molar-refractivity contribution in [2.75, 3.05) is 6.61 Å². The Labute approximate surface area is 130 Å². The van der Waals surface area contributed by atoms with Crippen LogP contribution in [0.15, 0.2) is 54.6 Å². The molecule has 0 aromatic heterocycles. The van der Waals surface area contributed by atoms with Gasteiger partial charge in [-0.2, -0.15) is 0 Å². The first-order valence-corrected chi connectivity index (χ1v) is 7.28. The van der Waals surface area contributed by atoms with E-state index < -0.39 is 0 Å². The van der Waals surface area contributed by atoms with Crippen LogP contribution in [0.5, 0.6) is 5.75 Å². The Kier molecular flexibility index (Phi) is 5.59. The van der Waals surface area contributed by atoms with Gasteiger partial charge >= 0.3 is 0 Å². The summed E-state index contributed by atoms with van der Waals surface area (Å²) in [6.45, 7) is 2.72. The van der Waals surface area contributed by atoms with Crippen LogP contribution >= 0.6 is 11.6 Å². The lowest BCUT2D eigenvalue weighted by molar-refractivity contribution is 0.104. The first-order valence-electron chi connectivity index (χ1n) is 6.90. The van der Waals surface area contributed by atoms with E-state index in [4.69, 9.17) is 16.3 Å². The lowest BCUT2D eigenvalue weighted by atomic mass is 10.1. The van der Waals surface area contributed by atoms with E-state index in [2.05, 4.69) is 6.92 Å². The highest BCUT2D eigenvalue weighted by atomic mass is 35.5. The van der Waals surface area contributed by atoms with Gasteiger partial charge in [0.1, 0.15) is 5.75 Å². The van der Waals surface area contributed by atoms with Gasteiger partial charge in [0, 0.05) is 16.1 Å². The van der Waals surface area contributed by atoms with E-state index >= 15 is 0 Å². The van der Waals surface area contributed by atoms with Crippen LogP contribution in [0, 0.1) is 0 Å². The third-order valence-corrected chi connectivity index (χ3v) is 3.18. The van der Waals surface area contributed by atoms with Crippen LogP contribution in [0.25, 0.3) is 6.08 Å². The Morgan fingerprint density at radius 2 is 1.86 bits per heavy atom. The molecule has 0 amide bonds. The van der Waals surface area contributed by atoms with Gasteiger partial charge in [0.15, 0.2) is 5.78 Å². The fraction of sp³-hybridized carbons (Fsp3) is 0.167. The van der Waals surface area contributed by atoms with Crippen molar-refractivity contribution in [2.24, 2.45) is 0 Å². The Morgan fingerprint density at radius 1 is 1.14 bits per heavy atom. The van der Waals surface area contributed by atoms with E-state index in [1.807, 2.05) is 24.3 Å². The zero-order valence-electron chi connectivity index (χ0n) is 11.9. The minimum absolute atomic E-state index is 0.0584. The van der Waals surface area contributed by atoms with Gasteiger partial charge in [-0.05, 0) is 48.9 Å². The molecule has 0 aliphatic heterocycles. The predicted molar refractivity (Wildman–Crippen MR) is 87.0 cm³/mol. The number of ether oxygens (including phenoxy) is 1. The molecule has 0 bridgehead atoms. The van der Waals surface area contributed by atoms with Gasteiger partial charge in [0.2, 0.25) is 0 Å². The summed E-state index contributed by atoms with van der Waals surface area (Å²) in [6.07, 6.45) is 4.28. The summed E-state index contributed by atoms with van der Waals surface area (Å²) < 4.78 is 5.66. The van der Waals surface area contributed by atoms with E-state index in [0.29, 0.717) is 17.2 Å². The van der Waals surface area contributed by atoms with E-state index in [0.717, 1.165) is 17.7 Å².